The number of aromatic nitrogens is 2. The molecule has 0 spiro atoms. The first-order valence-corrected chi connectivity index (χ1v) is 10.7. The summed E-state index contributed by atoms with van der Waals surface area (Å²) in [6.45, 7) is 1.81. The topological polar surface area (TPSA) is 92.7 Å². The lowest BCUT2D eigenvalue weighted by molar-refractivity contribution is -0.136. The van der Waals surface area contributed by atoms with Crippen LogP contribution in [0, 0.1) is 0 Å². The SMILES string of the molecule is O=C(C1CCCN1C(=O)c1ccco1)N1CCC(c2nc(-c3ccccc3)no2)CC1. The number of carbonyl (C=O) groups excluding carboxylic acids is 2. The first kappa shape index (κ1) is 19.5. The van der Waals surface area contributed by atoms with Gasteiger partial charge < -0.3 is 18.7 Å². The molecule has 0 radical (unpaired) electrons. The third kappa shape index (κ3) is 3.85. The van der Waals surface area contributed by atoms with Crippen LogP contribution in [0.4, 0.5) is 0 Å². The molecule has 0 N–H and O–H groups in total. The van der Waals surface area contributed by atoms with Gasteiger partial charge in [0.05, 0.1) is 6.26 Å². The summed E-state index contributed by atoms with van der Waals surface area (Å²) in [4.78, 5) is 33.9. The van der Waals surface area contributed by atoms with Crippen molar-refractivity contribution in [3.05, 3.63) is 60.4 Å². The van der Waals surface area contributed by atoms with E-state index >= 15 is 0 Å². The molecule has 8 heteroatoms. The van der Waals surface area contributed by atoms with Crippen LogP contribution in [0.25, 0.3) is 11.4 Å². The zero-order chi connectivity index (χ0) is 21.2. The first-order valence-electron chi connectivity index (χ1n) is 10.7. The Morgan fingerprint density at radius 1 is 0.968 bits per heavy atom. The minimum absolute atomic E-state index is 0.0198. The second-order valence-electron chi connectivity index (χ2n) is 8.06. The van der Waals surface area contributed by atoms with Crippen molar-refractivity contribution in [2.75, 3.05) is 19.6 Å². The summed E-state index contributed by atoms with van der Waals surface area (Å²) in [5.74, 6) is 1.44. The number of likely N-dealkylation sites (tertiary alicyclic amines) is 2. The van der Waals surface area contributed by atoms with Crippen molar-refractivity contribution in [3.8, 4) is 11.4 Å². The van der Waals surface area contributed by atoms with Gasteiger partial charge in [0.1, 0.15) is 6.04 Å². The minimum Gasteiger partial charge on any atom is -0.459 e. The number of piperidine rings is 1. The molecule has 2 aromatic heterocycles. The zero-order valence-corrected chi connectivity index (χ0v) is 17.1. The molecule has 1 atom stereocenters. The van der Waals surface area contributed by atoms with Crippen molar-refractivity contribution in [2.24, 2.45) is 0 Å². The van der Waals surface area contributed by atoms with Gasteiger partial charge in [-0.15, -0.1) is 0 Å². The number of carbonyl (C=O) groups is 2. The van der Waals surface area contributed by atoms with Crippen LogP contribution in [-0.2, 0) is 4.79 Å². The molecule has 2 amide bonds. The number of furan rings is 1. The van der Waals surface area contributed by atoms with Crippen LogP contribution in [0.1, 0.15) is 48.0 Å². The van der Waals surface area contributed by atoms with Crippen molar-refractivity contribution in [1.29, 1.82) is 0 Å². The third-order valence-electron chi connectivity index (χ3n) is 6.16. The molecular formula is C23H24N4O4. The average Bonchev–Trinajstić information content (AvgIpc) is 3.60. The van der Waals surface area contributed by atoms with E-state index < -0.39 is 6.04 Å². The summed E-state index contributed by atoms with van der Waals surface area (Å²) in [7, 11) is 0. The maximum atomic E-state index is 13.2. The Bertz CT molecular complexity index is 1040. The molecular weight excluding hydrogens is 396 g/mol. The predicted molar refractivity (Wildman–Crippen MR) is 111 cm³/mol. The molecule has 0 aliphatic carbocycles. The highest BCUT2D eigenvalue weighted by molar-refractivity contribution is 5.96. The molecule has 2 fully saturated rings. The molecule has 0 saturated carbocycles. The van der Waals surface area contributed by atoms with Crippen molar-refractivity contribution in [3.63, 3.8) is 0 Å². The molecule has 2 saturated heterocycles. The van der Waals surface area contributed by atoms with Gasteiger partial charge in [-0.1, -0.05) is 35.5 Å². The second kappa shape index (κ2) is 8.37. The summed E-state index contributed by atoms with van der Waals surface area (Å²) in [5.41, 5.74) is 0.924. The predicted octanol–water partition coefficient (Wildman–Crippen LogP) is 3.34. The minimum atomic E-state index is -0.415. The number of rotatable bonds is 4. The molecule has 5 rings (SSSR count). The Morgan fingerprint density at radius 2 is 1.77 bits per heavy atom. The van der Waals surface area contributed by atoms with Gasteiger partial charge in [0.15, 0.2) is 5.76 Å². The Kier molecular flexibility index (Phi) is 5.28. The van der Waals surface area contributed by atoms with E-state index in [9.17, 15) is 9.59 Å². The van der Waals surface area contributed by atoms with E-state index in [4.69, 9.17) is 8.94 Å². The standard InChI is InChI=1S/C23H24N4O4/c28-22(18-8-4-12-27(18)23(29)19-9-5-15-30-19)26-13-10-17(11-14-26)21-24-20(25-31-21)16-6-2-1-3-7-16/h1-3,5-7,9,15,17-18H,4,8,10-14H2. The van der Waals surface area contributed by atoms with Crippen molar-refractivity contribution in [2.45, 2.75) is 37.6 Å². The number of hydrogen-bond acceptors (Lipinski definition) is 6. The van der Waals surface area contributed by atoms with Gasteiger partial charge in [-0.2, -0.15) is 4.98 Å². The zero-order valence-electron chi connectivity index (χ0n) is 17.1. The molecule has 3 aromatic rings. The van der Waals surface area contributed by atoms with E-state index in [1.807, 2.05) is 35.2 Å². The Balaban J connectivity index is 1.21. The first-order chi connectivity index (χ1) is 15.2. The van der Waals surface area contributed by atoms with Crippen LogP contribution in [0.15, 0.2) is 57.7 Å². The molecule has 1 aromatic carbocycles. The van der Waals surface area contributed by atoms with Crippen LogP contribution in [-0.4, -0.2) is 57.4 Å². The van der Waals surface area contributed by atoms with Gasteiger partial charge in [-0.05, 0) is 37.8 Å². The Morgan fingerprint density at radius 3 is 2.52 bits per heavy atom. The Labute approximate surface area is 179 Å². The quantitative estimate of drug-likeness (QED) is 0.643. The third-order valence-corrected chi connectivity index (χ3v) is 6.16. The van der Waals surface area contributed by atoms with E-state index in [2.05, 4.69) is 10.1 Å². The fourth-order valence-corrected chi connectivity index (χ4v) is 4.47. The summed E-state index contributed by atoms with van der Waals surface area (Å²) in [5, 5.41) is 4.11. The fraction of sp³-hybridized carbons (Fsp3) is 0.391. The van der Waals surface area contributed by atoms with Gasteiger partial charge in [-0.25, -0.2) is 0 Å². The summed E-state index contributed by atoms with van der Waals surface area (Å²) in [6.07, 6.45) is 4.52. The highest BCUT2D eigenvalue weighted by atomic mass is 16.5. The van der Waals surface area contributed by atoms with Crippen LogP contribution in [0.2, 0.25) is 0 Å². The van der Waals surface area contributed by atoms with Gasteiger partial charge >= 0.3 is 0 Å². The normalized spacial score (nSPS) is 19.7. The largest absolute Gasteiger partial charge is 0.459 e. The van der Waals surface area contributed by atoms with E-state index in [1.165, 1.54) is 6.26 Å². The van der Waals surface area contributed by atoms with Crippen LogP contribution in [0.5, 0.6) is 0 Å². The van der Waals surface area contributed by atoms with E-state index in [1.54, 1.807) is 17.0 Å². The van der Waals surface area contributed by atoms with E-state index in [-0.39, 0.29) is 23.5 Å². The molecule has 0 bridgehead atoms. The van der Waals surface area contributed by atoms with Crippen molar-refractivity contribution in [1.82, 2.24) is 19.9 Å². The van der Waals surface area contributed by atoms with E-state index in [0.717, 1.165) is 24.8 Å². The molecule has 1 unspecified atom stereocenters. The average molecular weight is 420 g/mol. The highest BCUT2D eigenvalue weighted by Gasteiger charge is 2.39. The van der Waals surface area contributed by atoms with Gasteiger partial charge in [0.2, 0.25) is 17.6 Å². The van der Waals surface area contributed by atoms with Crippen LogP contribution in [0.3, 0.4) is 0 Å². The number of amides is 2. The lowest BCUT2D eigenvalue weighted by Gasteiger charge is -2.34. The monoisotopic (exact) mass is 420 g/mol. The molecule has 4 heterocycles. The molecule has 8 nitrogen and oxygen atoms in total. The van der Waals surface area contributed by atoms with Gasteiger partial charge in [-0.3, -0.25) is 9.59 Å². The molecule has 160 valence electrons. The number of hydrogen-bond donors (Lipinski definition) is 0. The highest BCUT2D eigenvalue weighted by Crippen LogP contribution is 2.30. The number of benzene rings is 1. The molecule has 31 heavy (non-hydrogen) atoms. The molecule has 2 aliphatic heterocycles. The maximum Gasteiger partial charge on any atom is 0.290 e. The maximum absolute atomic E-state index is 13.2. The van der Waals surface area contributed by atoms with Crippen LogP contribution < -0.4 is 0 Å². The molecule has 2 aliphatic rings. The van der Waals surface area contributed by atoms with Crippen LogP contribution >= 0.6 is 0 Å². The van der Waals surface area contributed by atoms with E-state index in [0.29, 0.717) is 37.8 Å². The Hall–Kier alpha value is -3.42. The van der Waals surface area contributed by atoms with Gasteiger partial charge in [0.25, 0.3) is 5.91 Å². The second-order valence-corrected chi connectivity index (χ2v) is 8.06. The summed E-state index contributed by atoms with van der Waals surface area (Å²) < 4.78 is 10.8. The lowest BCUT2D eigenvalue weighted by atomic mass is 9.96. The summed E-state index contributed by atoms with van der Waals surface area (Å²) in [6, 6.07) is 12.7. The lowest BCUT2D eigenvalue weighted by Crippen LogP contribution is -2.49. The van der Waals surface area contributed by atoms with Crippen molar-refractivity contribution >= 4 is 11.8 Å². The van der Waals surface area contributed by atoms with Crippen molar-refractivity contribution < 1.29 is 18.5 Å². The smallest absolute Gasteiger partial charge is 0.290 e. The number of nitrogens with zero attached hydrogens (tertiary/aromatic N) is 4. The summed E-state index contributed by atoms with van der Waals surface area (Å²) >= 11 is 0. The fourth-order valence-electron chi connectivity index (χ4n) is 4.47. The van der Waals surface area contributed by atoms with Gasteiger partial charge in [0, 0.05) is 31.1 Å².